The second kappa shape index (κ2) is 12.5. The van der Waals surface area contributed by atoms with Crippen LogP contribution in [0.15, 0.2) is 66.9 Å². The van der Waals surface area contributed by atoms with Gasteiger partial charge in [0.2, 0.25) is 0 Å². The minimum absolute atomic E-state index is 0.0530. The van der Waals surface area contributed by atoms with E-state index < -0.39 is 10.8 Å². The van der Waals surface area contributed by atoms with Crippen molar-refractivity contribution in [3.63, 3.8) is 0 Å². The Morgan fingerprint density at radius 3 is 2.46 bits per heavy atom. The van der Waals surface area contributed by atoms with E-state index >= 15 is 0 Å². The van der Waals surface area contributed by atoms with Crippen LogP contribution in [0.2, 0.25) is 0 Å². The highest BCUT2D eigenvalue weighted by Crippen LogP contribution is 2.33. The number of amides is 1. The van der Waals surface area contributed by atoms with E-state index in [1.165, 1.54) is 35.4 Å². The second-order valence-electron chi connectivity index (χ2n) is 9.52. The van der Waals surface area contributed by atoms with Gasteiger partial charge in [-0.15, -0.1) is 5.10 Å². The summed E-state index contributed by atoms with van der Waals surface area (Å²) in [5.74, 6) is 1.49. The molecule has 12 nitrogen and oxygen atoms in total. The van der Waals surface area contributed by atoms with Gasteiger partial charge in [-0.2, -0.15) is 0 Å². The molecular weight excluding hydrogens is 528 g/mol. The molecule has 3 aromatic carbocycles. The Labute approximate surface area is 236 Å². The number of carbonyl (C=O) groups is 1. The van der Waals surface area contributed by atoms with Gasteiger partial charge in [0.25, 0.3) is 11.6 Å². The van der Waals surface area contributed by atoms with Crippen LogP contribution in [0, 0.1) is 10.1 Å². The van der Waals surface area contributed by atoms with Gasteiger partial charge in [0, 0.05) is 37.5 Å². The third-order valence-corrected chi connectivity index (χ3v) is 6.87. The van der Waals surface area contributed by atoms with E-state index in [4.69, 9.17) is 14.2 Å². The third kappa shape index (κ3) is 6.61. The molecule has 1 aromatic heterocycles. The highest BCUT2D eigenvalue weighted by atomic mass is 16.6. The summed E-state index contributed by atoms with van der Waals surface area (Å²) in [5.41, 5.74) is 3.87. The molecule has 41 heavy (non-hydrogen) atoms. The number of fused-ring (bicyclic) bond motifs is 1. The Balaban J connectivity index is 1.15. The lowest BCUT2D eigenvalue weighted by Gasteiger charge is -2.29. The molecule has 0 fully saturated rings. The maximum Gasteiger partial charge on any atom is 0.269 e. The van der Waals surface area contributed by atoms with Crippen LogP contribution < -0.4 is 19.5 Å². The molecule has 212 valence electrons. The normalized spacial score (nSPS) is 12.8. The minimum Gasteiger partial charge on any atom is -0.493 e. The van der Waals surface area contributed by atoms with Gasteiger partial charge in [0.15, 0.2) is 11.5 Å². The largest absolute Gasteiger partial charge is 0.493 e. The molecule has 0 spiro atoms. The van der Waals surface area contributed by atoms with E-state index in [1.54, 1.807) is 43.2 Å². The molecule has 0 aliphatic carbocycles. The first-order valence-electron chi connectivity index (χ1n) is 13.1. The first kappa shape index (κ1) is 27.6. The Bertz CT molecular complexity index is 1540. The number of nitrogens with zero attached hydrogens (tertiary/aromatic N) is 5. The number of rotatable bonds is 11. The monoisotopic (exact) mass is 558 g/mol. The molecule has 4 aromatic rings. The van der Waals surface area contributed by atoms with Crippen LogP contribution in [0.5, 0.6) is 17.2 Å². The van der Waals surface area contributed by atoms with Gasteiger partial charge in [-0.1, -0.05) is 17.3 Å². The maximum absolute atomic E-state index is 12.9. The number of methoxy groups -OCH3 is 2. The van der Waals surface area contributed by atoms with Crippen molar-refractivity contribution in [2.75, 3.05) is 32.6 Å². The molecule has 0 saturated carbocycles. The number of benzene rings is 3. The number of anilines is 1. The summed E-state index contributed by atoms with van der Waals surface area (Å²) in [5, 5.41) is 22.1. The Morgan fingerprint density at radius 2 is 1.73 bits per heavy atom. The molecule has 0 radical (unpaired) electrons. The first-order chi connectivity index (χ1) is 19.9. The zero-order valence-corrected chi connectivity index (χ0v) is 22.8. The number of para-hydroxylation sites is 1. The lowest BCUT2D eigenvalue weighted by Crippen LogP contribution is -2.33. The van der Waals surface area contributed by atoms with Crippen molar-refractivity contribution in [1.29, 1.82) is 0 Å². The SMILES string of the molecule is COc1cc2c(cc1OC)CN(CCn1cc(COc3ccccc3C(=O)Nc3ccc([N+](=O)[O-])cc3)nn1)CC2. The lowest BCUT2D eigenvalue weighted by molar-refractivity contribution is -0.384. The molecule has 2 heterocycles. The topological polar surface area (TPSA) is 134 Å². The average molecular weight is 559 g/mol. The Morgan fingerprint density at radius 1 is 1.00 bits per heavy atom. The van der Waals surface area contributed by atoms with Gasteiger partial charge in [0.1, 0.15) is 18.1 Å². The van der Waals surface area contributed by atoms with Gasteiger partial charge < -0.3 is 19.5 Å². The van der Waals surface area contributed by atoms with Gasteiger partial charge in [-0.3, -0.25) is 24.5 Å². The number of ether oxygens (including phenoxy) is 3. The number of nitrogens with one attached hydrogen (secondary N) is 1. The molecule has 0 saturated heterocycles. The van der Waals surface area contributed by atoms with E-state index in [0.717, 1.165) is 37.6 Å². The van der Waals surface area contributed by atoms with Crippen LogP contribution in [-0.2, 0) is 26.1 Å². The fraction of sp³-hybridized carbons (Fsp3) is 0.276. The van der Waals surface area contributed by atoms with Crippen molar-refractivity contribution >= 4 is 17.3 Å². The van der Waals surface area contributed by atoms with Gasteiger partial charge in [0.05, 0.1) is 37.4 Å². The molecule has 1 N–H and O–H groups in total. The number of nitro benzene ring substituents is 1. The Hall–Kier alpha value is -4.97. The van der Waals surface area contributed by atoms with Gasteiger partial charge >= 0.3 is 0 Å². The summed E-state index contributed by atoms with van der Waals surface area (Å²) in [4.78, 5) is 25.6. The number of carbonyl (C=O) groups excluding carboxylic acids is 1. The van der Waals surface area contributed by atoms with Crippen molar-refractivity contribution in [1.82, 2.24) is 19.9 Å². The van der Waals surface area contributed by atoms with Gasteiger partial charge in [-0.25, -0.2) is 0 Å². The fourth-order valence-electron chi connectivity index (χ4n) is 4.69. The number of non-ortho nitro benzene ring substituents is 1. The molecular formula is C29H30N6O6. The Kier molecular flexibility index (Phi) is 8.39. The molecule has 1 aliphatic rings. The molecule has 1 aliphatic heterocycles. The summed E-state index contributed by atoms with van der Waals surface area (Å²) in [6, 6.07) is 16.6. The zero-order chi connectivity index (χ0) is 28.8. The highest BCUT2D eigenvalue weighted by Gasteiger charge is 2.20. The lowest BCUT2D eigenvalue weighted by atomic mass is 9.99. The molecule has 1 amide bonds. The van der Waals surface area contributed by atoms with Crippen LogP contribution in [-0.4, -0.2) is 58.0 Å². The quantitative estimate of drug-likeness (QED) is 0.213. The molecule has 0 atom stereocenters. The van der Waals surface area contributed by atoms with E-state index in [0.29, 0.717) is 29.2 Å². The third-order valence-electron chi connectivity index (χ3n) is 6.87. The molecule has 12 heteroatoms. The van der Waals surface area contributed by atoms with Crippen LogP contribution >= 0.6 is 0 Å². The van der Waals surface area contributed by atoms with Crippen molar-refractivity contribution < 1.29 is 23.9 Å². The fourth-order valence-corrected chi connectivity index (χ4v) is 4.69. The molecule has 5 rings (SSSR count). The van der Waals surface area contributed by atoms with Crippen LogP contribution in [0.3, 0.4) is 0 Å². The van der Waals surface area contributed by atoms with Crippen LogP contribution in [0.25, 0.3) is 0 Å². The van der Waals surface area contributed by atoms with E-state index in [9.17, 15) is 14.9 Å². The van der Waals surface area contributed by atoms with Gasteiger partial charge in [-0.05, 0) is 53.9 Å². The maximum atomic E-state index is 12.9. The zero-order valence-electron chi connectivity index (χ0n) is 22.8. The summed E-state index contributed by atoms with van der Waals surface area (Å²) >= 11 is 0. The second-order valence-corrected chi connectivity index (χ2v) is 9.52. The molecule has 0 bridgehead atoms. The number of aromatic nitrogens is 3. The summed E-state index contributed by atoms with van der Waals surface area (Å²) in [6.07, 6.45) is 2.77. The van der Waals surface area contributed by atoms with Crippen LogP contribution in [0.1, 0.15) is 27.2 Å². The van der Waals surface area contributed by atoms with Crippen molar-refractivity contribution in [2.24, 2.45) is 0 Å². The standard InChI is InChI=1S/C29H30N6O6/c1-39-27-15-20-11-12-33(17-21(20)16-28(27)40-2)13-14-34-18-23(31-32-34)19-41-26-6-4-3-5-25(26)29(36)30-22-7-9-24(10-8-22)35(37)38/h3-10,15-16,18H,11-14,17,19H2,1-2H3,(H,30,36). The average Bonchev–Trinajstić information content (AvgIpc) is 3.46. The summed E-state index contributed by atoms with van der Waals surface area (Å²) in [7, 11) is 3.29. The molecule has 0 unspecified atom stereocenters. The van der Waals surface area contributed by atoms with Crippen molar-refractivity contribution in [3.05, 3.63) is 99.4 Å². The number of nitro groups is 1. The van der Waals surface area contributed by atoms with E-state index in [1.807, 2.05) is 6.20 Å². The van der Waals surface area contributed by atoms with Crippen LogP contribution in [0.4, 0.5) is 11.4 Å². The smallest absolute Gasteiger partial charge is 0.269 e. The predicted octanol–water partition coefficient (Wildman–Crippen LogP) is 4.09. The predicted molar refractivity (Wildman–Crippen MR) is 150 cm³/mol. The first-order valence-corrected chi connectivity index (χ1v) is 13.1. The van der Waals surface area contributed by atoms with Crippen molar-refractivity contribution in [2.45, 2.75) is 26.1 Å². The van der Waals surface area contributed by atoms with E-state index in [2.05, 4.69) is 32.7 Å². The summed E-state index contributed by atoms with van der Waals surface area (Å²) < 4.78 is 18.6. The minimum atomic E-state index is -0.493. The summed E-state index contributed by atoms with van der Waals surface area (Å²) in [6.45, 7) is 3.37. The highest BCUT2D eigenvalue weighted by molar-refractivity contribution is 6.06. The van der Waals surface area contributed by atoms with E-state index in [-0.39, 0.29) is 12.3 Å². The number of hydrogen-bond acceptors (Lipinski definition) is 9. The number of hydrogen-bond donors (Lipinski definition) is 1. The van der Waals surface area contributed by atoms with Crippen molar-refractivity contribution in [3.8, 4) is 17.2 Å².